The van der Waals surface area contributed by atoms with Crippen LogP contribution in [0.2, 0.25) is 0 Å². The molecule has 7 heteroatoms. The third kappa shape index (κ3) is 5.23. The Morgan fingerprint density at radius 1 is 1.09 bits per heavy atom. The number of nitrogens with two attached hydrogens (primary N) is 1. The third-order valence-corrected chi connectivity index (χ3v) is 3.95. The van der Waals surface area contributed by atoms with Crippen LogP contribution in [0, 0.1) is 0 Å². The Morgan fingerprint density at radius 3 is 2.61 bits per heavy atom. The van der Waals surface area contributed by atoms with E-state index in [1.54, 1.807) is 36.4 Å². The summed E-state index contributed by atoms with van der Waals surface area (Å²) in [7, 11) is 0. The SMILES string of the molecule is NC(=O)c1cccc(CNC(=O)CCNC(=O)c2cccs2)c1. The molecule has 6 nitrogen and oxygen atoms in total. The van der Waals surface area contributed by atoms with Crippen LogP contribution in [0.4, 0.5) is 0 Å². The number of benzene rings is 1. The second kappa shape index (κ2) is 8.09. The molecule has 1 aromatic heterocycles. The molecule has 0 aliphatic rings. The van der Waals surface area contributed by atoms with Crippen molar-refractivity contribution in [3.05, 3.63) is 57.8 Å². The van der Waals surface area contributed by atoms with Crippen LogP contribution in [-0.2, 0) is 11.3 Å². The highest BCUT2D eigenvalue weighted by Gasteiger charge is 2.07. The quantitative estimate of drug-likeness (QED) is 0.712. The Hall–Kier alpha value is -2.67. The molecule has 120 valence electrons. The maximum absolute atomic E-state index is 11.8. The van der Waals surface area contributed by atoms with E-state index in [0.29, 0.717) is 17.0 Å². The molecule has 2 rings (SSSR count). The molecule has 0 unspecified atom stereocenters. The molecule has 0 saturated carbocycles. The maximum Gasteiger partial charge on any atom is 0.261 e. The minimum Gasteiger partial charge on any atom is -0.366 e. The van der Waals surface area contributed by atoms with E-state index in [4.69, 9.17) is 5.73 Å². The van der Waals surface area contributed by atoms with Crippen molar-refractivity contribution in [3.8, 4) is 0 Å². The molecule has 0 bridgehead atoms. The summed E-state index contributed by atoms with van der Waals surface area (Å²) in [5, 5.41) is 7.24. The second-order valence-electron chi connectivity index (χ2n) is 4.82. The summed E-state index contributed by atoms with van der Waals surface area (Å²) in [5.74, 6) is -0.864. The molecule has 1 aromatic carbocycles. The van der Waals surface area contributed by atoms with Gasteiger partial charge in [-0.3, -0.25) is 14.4 Å². The highest BCUT2D eigenvalue weighted by molar-refractivity contribution is 7.12. The van der Waals surface area contributed by atoms with Crippen molar-refractivity contribution in [2.45, 2.75) is 13.0 Å². The van der Waals surface area contributed by atoms with Crippen LogP contribution in [0.3, 0.4) is 0 Å². The van der Waals surface area contributed by atoms with Gasteiger partial charge in [-0.1, -0.05) is 18.2 Å². The van der Waals surface area contributed by atoms with E-state index in [0.717, 1.165) is 5.56 Å². The van der Waals surface area contributed by atoms with E-state index < -0.39 is 5.91 Å². The van der Waals surface area contributed by atoms with Crippen LogP contribution < -0.4 is 16.4 Å². The molecule has 4 N–H and O–H groups in total. The van der Waals surface area contributed by atoms with Gasteiger partial charge in [0.1, 0.15) is 0 Å². The molecule has 0 radical (unpaired) electrons. The standard InChI is InChI=1S/C16H17N3O3S/c17-15(21)12-4-1-3-11(9-12)10-19-14(20)6-7-18-16(22)13-5-2-8-23-13/h1-5,8-9H,6-7,10H2,(H2,17,21)(H,18,22)(H,19,20). The molecular formula is C16H17N3O3S. The highest BCUT2D eigenvalue weighted by atomic mass is 32.1. The summed E-state index contributed by atoms with van der Waals surface area (Å²) in [6.07, 6.45) is 0.187. The van der Waals surface area contributed by atoms with Crippen molar-refractivity contribution in [2.24, 2.45) is 5.73 Å². The van der Waals surface area contributed by atoms with Crippen molar-refractivity contribution in [3.63, 3.8) is 0 Å². The Kier molecular flexibility index (Phi) is 5.87. The minimum atomic E-state index is -0.505. The fourth-order valence-corrected chi connectivity index (χ4v) is 2.55. The number of hydrogen-bond acceptors (Lipinski definition) is 4. The zero-order valence-electron chi connectivity index (χ0n) is 12.4. The van der Waals surface area contributed by atoms with Gasteiger partial charge in [-0.15, -0.1) is 11.3 Å². The van der Waals surface area contributed by atoms with E-state index in [2.05, 4.69) is 10.6 Å². The molecule has 0 aliphatic carbocycles. The molecule has 23 heavy (non-hydrogen) atoms. The monoisotopic (exact) mass is 331 g/mol. The topological polar surface area (TPSA) is 101 Å². The average molecular weight is 331 g/mol. The number of carbonyl (C=O) groups is 3. The molecule has 0 spiro atoms. The number of nitrogens with one attached hydrogen (secondary N) is 2. The number of carbonyl (C=O) groups excluding carboxylic acids is 3. The van der Waals surface area contributed by atoms with Crippen LogP contribution in [0.1, 0.15) is 32.0 Å². The number of hydrogen-bond donors (Lipinski definition) is 3. The molecule has 0 aliphatic heterocycles. The lowest BCUT2D eigenvalue weighted by atomic mass is 10.1. The van der Waals surface area contributed by atoms with Crippen molar-refractivity contribution in [2.75, 3.05) is 6.54 Å². The van der Waals surface area contributed by atoms with Gasteiger partial charge in [-0.2, -0.15) is 0 Å². The van der Waals surface area contributed by atoms with Gasteiger partial charge in [0, 0.05) is 25.1 Å². The molecule has 3 amide bonds. The van der Waals surface area contributed by atoms with Gasteiger partial charge < -0.3 is 16.4 Å². The van der Waals surface area contributed by atoms with Crippen molar-refractivity contribution in [1.82, 2.24) is 10.6 Å². The largest absolute Gasteiger partial charge is 0.366 e. The first-order chi connectivity index (χ1) is 11.1. The molecule has 2 aromatic rings. The van der Waals surface area contributed by atoms with E-state index >= 15 is 0 Å². The minimum absolute atomic E-state index is 0.179. The van der Waals surface area contributed by atoms with Crippen LogP contribution in [0.15, 0.2) is 41.8 Å². The highest BCUT2D eigenvalue weighted by Crippen LogP contribution is 2.07. The van der Waals surface area contributed by atoms with E-state index in [-0.39, 0.29) is 24.8 Å². The van der Waals surface area contributed by atoms with Gasteiger partial charge in [0.25, 0.3) is 5.91 Å². The summed E-state index contributed by atoms with van der Waals surface area (Å²) in [4.78, 5) is 35.2. The van der Waals surface area contributed by atoms with Crippen molar-refractivity contribution < 1.29 is 14.4 Å². The Morgan fingerprint density at radius 2 is 1.91 bits per heavy atom. The van der Waals surface area contributed by atoms with Crippen LogP contribution in [0.5, 0.6) is 0 Å². The van der Waals surface area contributed by atoms with Gasteiger partial charge in [0.2, 0.25) is 11.8 Å². The van der Waals surface area contributed by atoms with Crippen LogP contribution in [0.25, 0.3) is 0 Å². The number of amides is 3. The zero-order chi connectivity index (χ0) is 16.7. The maximum atomic E-state index is 11.8. The molecule has 0 fully saturated rings. The first-order valence-electron chi connectivity index (χ1n) is 7.03. The van der Waals surface area contributed by atoms with Gasteiger partial charge in [0.15, 0.2) is 0 Å². The van der Waals surface area contributed by atoms with Crippen LogP contribution >= 0.6 is 11.3 Å². The number of primary amides is 1. The van der Waals surface area contributed by atoms with Crippen LogP contribution in [-0.4, -0.2) is 24.3 Å². The summed E-state index contributed by atoms with van der Waals surface area (Å²) in [6, 6.07) is 10.3. The molecule has 0 atom stereocenters. The van der Waals surface area contributed by atoms with E-state index in [1.807, 2.05) is 5.38 Å². The summed E-state index contributed by atoms with van der Waals surface area (Å²) < 4.78 is 0. The first kappa shape index (κ1) is 16.7. The van der Waals surface area contributed by atoms with Gasteiger partial charge in [-0.25, -0.2) is 0 Å². The number of rotatable bonds is 7. The van der Waals surface area contributed by atoms with Gasteiger partial charge in [-0.05, 0) is 29.1 Å². The molecular weight excluding hydrogens is 314 g/mol. The molecule has 1 heterocycles. The molecule has 0 saturated heterocycles. The predicted octanol–water partition coefficient (Wildman–Crippen LogP) is 1.28. The van der Waals surface area contributed by atoms with Gasteiger partial charge in [0.05, 0.1) is 4.88 Å². The van der Waals surface area contributed by atoms with Crippen molar-refractivity contribution in [1.29, 1.82) is 0 Å². The summed E-state index contributed by atoms with van der Waals surface area (Å²) in [6.45, 7) is 0.572. The fourth-order valence-electron chi connectivity index (χ4n) is 1.91. The summed E-state index contributed by atoms with van der Waals surface area (Å²) in [5.41, 5.74) is 6.40. The third-order valence-electron chi connectivity index (χ3n) is 3.08. The number of thiophene rings is 1. The lowest BCUT2D eigenvalue weighted by Crippen LogP contribution is -2.30. The smallest absolute Gasteiger partial charge is 0.261 e. The van der Waals surface area contributed by atoms with E-state index in [9.17, 15) is 14.4 Å². The second-order valence-corrected chi connectivity index (χ2v) is 5.77. The predicted molar refractivity (Wildman–Crippen MR) is 88.1 cm³/mol. The van der Waals surface area contributed by atoms with E-state index in [1.165, 1.54) is 11.3 Å². The Bertz CT molecular complexity index is 698. The average Bonchev–Trinajstić information content (AvgIpc) is 3.07. The Balaban J connectivity index is 1.72. The Labute approximate surface area is 137 Å². The normalized spacial score (nSPS) is 10.1. The zero-order valence-corrected chi connectivity index (χ0v) is 13.2. The lowest BCUT2D eigenvalue weighted by Gasteiger charge is -2.07. The lowest BCUT2D eigenvalue weighted by molar-refractivity contribution is -0.121. The first-order valence-corrected chi connectivity index (χ1v) is 7.91. The van der Waals surface area contributed by atoms with Crippen molar-refractivity contribution >= 4 is 29.1 Å². The van der Waals surface area contributed by atoms with Gasteiger partial charge >= 0.3 is 0 Å². The summed E-state index contributed by atoms with van der Waals surface area (Å²) >= 11 is 1.35. The fraction of sp³-hybridized carbons (Fsp3) is 0.188.